The van der Waals surface area contributed by atoms with Crippen LogP contribution in [0.5, 0.6) is 0 Å². The Bertz CT molecular complexity index is 1060. The fourth-order valence-corrected chi connectivity index (χ4v) is 3.10. The second-order valence-electron chi connectivity index (χ2n) is 6.46. The van der Waals surface area contributed by atoms with Crippen LogP contribution in [0, 0.1) is 0 Å². The number of anilines is 1. The summed E-state index contributed by atoms with van der Waals surface area (Å²) >= 11 is 0. The summed E-state index contributed by atoms with van der Waals surface area (Å²) in [4.78, 5) is 33.3. The largest absolute Gasteiger partial charge is 0.348 e. The third-order valence-corrected chi connectivity index (χ3v) is 4.68. The van der Waals surface area contributed by atoms with Crippen LogP contribution in [0.2, 0.25) is 0 Å². The smallest absolute Gasteiger partial charge is 0.255 e. The van der Waals surface area contributed by atoms with Crippen LogP contribution in [0.4, 0.5) is 5.95 Å². The fraction of sp³-hybridized carbons (Fsp3) is 0.200. The van der Waals surface area contributed by atoms with Crippen LogP contribution in [0.1, 0.15) is 21.5 Å². The van der Waals surface area contributed by atoms with Gasteiger partial charge in [-0.05, 0) is 29.3 Å². The maximum absolute atomic E-state index is 12.6. The van der Waals surface area contributed by atoms with Gasteiger partial charge in [-0.15, -0.1) is 0 Å². The highest BCUT2D eigenvalue weighted by Crippen LogP contribution is 2.18. The third kappa shape index (κ3) is 3.50. The number of fused-ring (bicyclic) bond motifs is 1. The molecule has 7 heteroatoms. The van der Waals surface area contributed by atoms with Crippen molar-refractivity contribution in [3.63, 3.8) is 0 Å². The van der Waals surface area contributed by atoms with Crippen molar-refractivity contribution in [1.82, 2.24) is 19.9 Å². The molecule has 0 fully saturated rings. The number of carbonyl (C=O) groups excluding carboxylic acids is 1. The molecule has 3 heterocycles. The van der Waals surface area contributed by atoms with Gasteiger partial charge in [0.05, 0.1) is 12.2 Å². The molecule has 3 aromatic rings. The van der Waals surface area contributed by atoms with Crippen molar-refractivity contribution in [2.24, 2.45) is 7.05 Å². The maximum Gasteiger partial charge on any atom is 0.255 e. The molecule has 0 saturated heterocycles. The monoisotopic (exact) mass is 361 g/mol. The normalized spacial score (nSPS) is 12.6. The van der Waals surface area contributed by atoms with E-state index >= 15 is 0 Å². The standard InChI is InChI=1S/C20H19N5O2/c1-25-19(27)9-17(13-4-6-21-7-5-13)24-20(25)23-12-18(26)14-2-3-15-10-22-11-16(15)8-14/h2-9,22H,10-12H2,1H3,(H,23,24). The predicted octanol–water partition coefficient (Wildman–Crippen LogP) is 1.74. The molecule has 0 spiro atoms. The first-order valence-corrected chi connectivity index (χ1v) is 8.70. The van der Waals surface area contributed by atoms with E-state index in [-0.39, 0.29) is 17.9 Å². The molecule has 0 bridgehead atoms. The number of Topliss-reactive ketones (excluding diaryl/α,β-unsaturated/α-hetero) is 1. The molecule has 0 saturated carbocycles. The topological polar surface area (TPSA) is 88.9 Å². The van der Waals surface area contributed by atoms with Crippen LogP contribution in [-0.4, -0.2) is 26.9 Å². The Hall–Kier alpha value is -3.32. The van der Waals surface area contributed by atoms with Crippen LogP contribution in [0.25, 0.3) is 11.3 Å². The van der Waals surface area contributed by atoms with E-state index in [0.717, 1.165) is 24.2 Å². The van der Waals surface area contributed by atoms with Crippen LogP contribution >= 0.6 is 0 Å². The van der Waals surface area contributed by atoms with Crippen molar-refractivity contribution in [3.8, 4) is 11.3 Å². The van der Waals surface area contributed by atoms with Gasteiger partial charge in [-0.3, -0.25) is 19.1 Å². The average molecular weight is 361 g/mol. The molecule has 0 aliphatic carbocycles. The number of carbonyl (C=O) groups is 1. The van der Waals surface area contributed by atoms with Gasteiger partial charge >= 0.3 is 0 Å². The quantitative estimate of drug-likeness (QED) is 0.673. The van der Waals surface area contributed by atoms with Crippen LogP contribution < -0.4 is 16.2 Å². The Kier molecular flexibility index (Phi) is 4.52. The second kappa shape index (κ2) is 7.13. The molecule has 2 N–H and O–H groups in total. The van der Waals surface area contributed by atoms with Gasteiger partial charge in [0.1, 0.15) is 0 Å². The number of rotatable bonds is 5. The first kappa shape index (κ1) is 17.1. The zero-order valence-corrected chi connectivity index (χ0v) is 14.9. The minimum absolute atomic E-state index is 0.0479. The summed E-state index contributed by atoms with van der Waals surface area (Å²) in [6, 6.07) is 10.8. The molecule has 0 radical (unpaired) electrons. The minimum Gasteiger partial charge on any atom is -0.348 e. The molecule has 0 atom stereocenters. The molecule has 1 aliphatic rings. The third-order valence-electron chi connectivity index (χ3n) is 4.68. The summed E-state index contributed by atoms with van der Waals surface area (Å²) in [6.45, 7) is 1.69. The highest BCUT2D eigenvalue weighted by atomic mass is 16.1. The number of nitrogens with one attached hydrogen (secondary N) is 2. The van der Waals surface area contributed by atoms with Gasteiger partial charge in [0.2, 0.25) is 5.95 Å². The van der Waals surface area contributed by atoms with Crippen molar-refractivity contribution in [1.29, 1.82) is 0 Å². The number of benzene rings is 1. The zero-order chi connectivity index (χ0) is 18.8. The Morgan fingerprint density at radius 1 is 1.15 bits per heavy atom. The highest BCUT2D eigenvalue weighted by molar-refractivity contribution is 5.99. The lowest BCUT2D eigenvalue weighted by atomic mass is 10.0. The summed E-state index contributed by atoms with van der Waals surface area (Å²) in [6.07, 6.45) is 3.29. The molecule has 7 nitrogen and oxygen atoms in total. The summed E-state index contributed by atoms with van der Waals surface area (Å²) < 4.78 is 1.39. The van der Waals surface area contributed by atoms with Crippen LogP contribution in [-0.2, 0) is 20.1 Å². The van der Waals surface area contributed by atoms with Gasteiger partial charge in [0.15, 0.2) is 5.78 Å². The summed E-state index contributed by atoms with van der Waals surface area (Å²) in [7, 11) is 1.62. The second-order valence-corrected chi connectivity index (χ2v) is 6.46. The minimum atomic E-state index is -0.199. The summed E-state index contributed by atoms with van der Waals surface area (Å²) in [5, 5.41) is 6.27. The average Bonchev–Trinajstić information content (AvgIpc) is 3.17. The van der Waals surface area contributed by atoms with Crippen molar-refractivity contribution in [3.05, 3.63) is 75.8 Å². The Morgan fingerprint density at radius 3 is 2.74 bits per heavy atom. The van der Waals surface area contributed by atoms with E-state index in [4.69, 9.17) is 0 Å². The van der Waals surface area contributed by atoms with E-state index in [1.54, 1.807) is 31.6 Å². The van der Waals surface area contributed by atoms with Crippen molar-refractivity contribution in [2.75, 3.05) is 11.9 Å². The number of ketones is 1. The Morgan fingerprint density at radius 2 is 1.93 bits per heavy atom. The van der Waals surface area contributed by atoms with Gasteiger partial charge in [-0.2, -0.15) is 0 Å². The number of hydrogen-bond acceptors (Lipinski definition) is 6. The van der Waals surface area contributed by atoms with E-state index < -0.39 is 0 Å². The van der Waals surface area contributed by atoms with Gasteiger partial charge in [-0.25, -0.2) is 4.98 Å². The molecule has 1 aliphatic heterocycles. The van der Waals surface area contributed by atoms with Crippen LogP contribution in [0.3, 0.4) is 0 Å². The summed E-state index contributed by atoms with van der Waals surface area (Å²) in [5.74, 6) is 0.304. The lowest BCUT2D eigenvalue weighted by Crippen LogP contribution is -2.24. The Balaban J connectivity index is 1.55. The maximum atomic E-state index is 12.6. The molecule has 0 amide bonds. The van der Waals surface area contributed by atoms with Gasteiger partial charge < -0.3 is 10.6 Å². The van der Waals surface area contributed by atoms with E-state index in [2.05, 4.69) is 20.6 Å². The van der Waals surface area contributed by atoms with Crippen molar-refractivity contribution >= 4 is 11.7 Å². The van der Waals surface area contributed by atoms with E-state index in [1.165, 1.54) is 16.2 Å². The number of hydrogen-bond donors (Lipinski definition) is 2. The van der Waals surface area contributed by atoms with Gasteiger partial charge in [0, 0.05) is 49.7 Å². The van der Waals surface area contributed by atoms with E-state index in [0.29, 0.717) is 17.2 Å². The fourth-order valence-electron chi connectivity index (χ4n) is 3.10. The molecule has 136 valence electrons. The van der Waals surface area contributed by atoms with Crippen molar-refractivity contribution in [2.45, 2.75) is 13.1 Å². The van der Waals surface area contributed by atoms with Crippen molar-refractivity contribution < 1.29 is 4.79 Å². The van der Waals surface area contributed by atoms with Gasteiger partial charge in [0.25, 0.3) is 5.56 Å². The molecular weight excluding hydrogens is 342 g/mol. The zero-order valence-electron chi connectivity index (χ0n) is 14.9. The first-order chi connectivity index (χ1) is 13.1. The van der Waals surface area contributed by atoms with Gasteiger partial charge in [-0.1, -0.05) is 12.1 Å². The molecule has 4 rings (SSSR count). The molecular formula is C20H19N5O2. The lowest BCUT2D eigenvalue weighted by molar-refractivity contribution is 0.101. The molecule has 2 aromatic heterocycles. The number of aromatic nitrogens is 3. The first-order valence-electron chi connectivity index (χ1n) is 8.70. The van der Waals surface area contributed by atoms with Crippen LogP contribution in [0.15, 0.2) is 53.6 Å². The highest BCUT2D eigenvalue weighted by Gasteiger charge is 2.14. The SMILES string of the molecule is Cn1c(NCC(=O)c2ccc3c(c2)CNC3)nc(-c2ccncc2)cc1=O. The van der Waals surface area contributed by atoms with E-state index in [9.17, 15) is 9.59 Å². The molecule has 1 aromatic carbocycles. The molecule has 0 unspecified atom stereocenters. The number of pyridine rings is 1. The lowest BCUT2D eigenvalue weighted by Gasteiger charge is -2.11. The predicted molar refractivity (Wildman–Crippen MR) is 103 cm³/mol. The summed E-state index contributed by atoms with van der Waals surface area (Å²) in [5.41, 5.74) is 4.18. The number of nitrogens with zero attached hydrogens (tertiary/aromatic N) is 3. The molecule has 27 heavy (non-hydrogen) atoms. The van der Waals surface area contributed by atoms with E-state index in [1.807, 2.05) is 18.2 Å². The Labute approximate surface area is 156 Å².